The quantitative estimate of drug-likeness (QED) is 0.0486. The average molecular weight is 1350 g/mol. The zero-order valence-electron chi connectivity index (χ0n) is 65.9. The third kappa shape index (κ3) is 59.2. The minimum atomic E-state index is 0.603. The summed E-state index contributed by atoms with van der Waals surface area (Å²) in [6.45, 7) is 18.5. The third-order valence-electron chi connectivity index (χ3n) is 20.2. The van der Waals surface area contributed by atoms with Gasteiger partial charge in [-0.25, -0.2) is 0 Å². The predicted molar refractivity (Wildman–Crippen MR) is 419 cm³/mol. The number of quaternary nitrogens is 2. The molecule has 0 bridgehead atoms. The van der Waals surface area contributed by atoms with Crippen LogP contribution >= 0.6 is 0 Å². The van der Waals surface area contributed by atoms with Crippen molar-refractivity contribution in [1.82, 2.24) is 0 Å². The van der Waals surface area contributed by atoms with Crippen molar-refractivity contribution >= 4 is 0 Å². The molecule has 96 heavy (non-hydrogen) atoms. The van der Waals surface area contributed by atoms with E-state index in [0.717, 1.165) is 110 Å². The van der Waals surface area contributed by atoms with Crippen LogP contribution in [0.15, 0.2) is 36.4 Å². The molecule has 2 aromatic carbocycles. The molecular formula is C88H166N2O6+2. The molecule has 2 aromatic rings. The molecule has 8 heteroatoms. The van der Waals surface area contributed by atoms with Gasteiger partial charge >= 0.3 is 0 Å². The molecule has 0 saturated carbocycles. The second kappa shape index (κ2) is 67.0. The summed E-state index contributed by atoms with van der Waals surface area (Å²) in [6.07, 6.45) is 76.5. The summed E-state index contributed by atoms with van der Waals surface area (Å²) in [5, 5.41) is 0. The molecule has 0 radical (unpaired) electrons. The highest BCUT2D eigenvalue weighted by molar-refractivity contribution is 5.39. The Hall–Kier alpha value is -2.52. The zero-order chi connectivity index (χ0) is 69.0. The summed E-state index contributed by atoms with van der Waals surface area (Å²) in [5.74, 6) is 3.80. The van der Waals surface area contributed by atoms with E-state index >= 15 is 0 Å². The Morgan fingerprint density at radius 1 is 0.198 bits per heavy atom. The lowest BCUT2D eigenvalue weighted by Gasteiger charge is -2.30. The van der Waals surface area contributed by atoms with Gasteiger partial charge in [0.15, 0.2) is 0 Å². The third-order valence-corrected chi connectivity index (χ3v) is 20.2. The molecule has 562 valence electrons. The van der Waals surface area contributed by atoms with Gasteiger partial charge in [-0.2, -0.15) is 0 Å². The van der Waals surface area contributed by atoms with E-state index in [4.69, 9.17) is 28.4 Å². The number of unbranched alkanes of at least 4 members (excludes halogenated alkanes) is 52. The van der Waals surface area contributed by atoms with Crippen molar-refractivity contribution < 1.29 is 37.4 Å². The van der Waals surface area contributed by atoms with Crippen molar-refractivity contribution in [3.05, 3.63) is 47.5 Å². The minimum Gasteiger partial charge on any atom is -0.493 e. The normalized spacial score (nSPS) is 12.0. The first kappa shape index (κ1) is 89.6. The van der Waals surface area contributed by atoms with Crippen molar-refractivity contribution in [3.8, 4) is 23.0 Å². The van der Waals surface area contributed by atoms with Gasteiger partial charge in [0.1, 0.15) is 49.2 Å². The Labute approximate surface area is 599 Å². The molecule has 0 amide bonds. The molecule has 0 aliphatic carbocycles. The largest absolute Gasteiger partial charge is 0.493 e. The van der Waals surface area contributed by atoms with Gasteiger partial charge in [-0.1, -0.05) is 362 Å². The first-order valence-corrected chi connectivity index (χ1v) is 42.7. The molecule has 0 aliphatic rings. The fourth-order valence-corrected chi connectivity index (χ4v) is 13.8. The fraction of sp³-hybridized carbons (Fsp3) is 0.864. The summed E-state index contributed by atoms with van der Waals surface area (Å²) in [5.41, 5.74) is 2.53. The van der Waals surface area contributed by atoms with E-state index < -0.39 is 0 Å². The molecule has 0 heterocycles. The van der Waals surface area contributed by atoms with Gasteiger partial charge in [-0.15, -0.1) is 0 Å². The lowest BCUT2D eigenvalue weighted by Crippen LogP contribution is -2.42. The van der Waals surface area contributed by atoms with E-state index in [-0.39, 0.29) is 0 Å². The van der Waals surface area contributed by atoms with Gasteiger partial charge in [-0.05, 0) is 49.9 Å². The van der Waals surface area contributed by atoms with Crippen LogP contribution in [0.5, 0.6) is 23.0 Å². The van der Waals surface area contributed by atoms with Crippen LogP contribution in [0, 0.1) is 0 Å². The van der Waals surface area contributed by atoms with Gasteiger partial charge in [0, 0.05) is 23.3 Å². The summed E-state index contributed by atoms with van der Waals surface area (Å²) >= 11 is 0. The van der Waals surface area contributed by atoms with Crippen LogP contribution in [0.4, 0.5) is 0 Å². The van der Waals surface area contributed by atoms with Crippen molar-refractivity contribution in [1.29, 1.82) is 0 Å². The topological polar surface area (TPSA) is 55.4 Å². The van der Waals surface area contributed by atoms with Crippen molar-refractivity contribution in [2.24, 2.45) is 0 Å². The molecule has 0 atom stereocenters. The monoisotopic (exact) mass is 1350 g/mol. The maximum atomic E-state index is 6.49. The summed E-state index contributed by atoms with van der Waals surface area (Å²) in [6, 6.07) is 13.3. The highest BCUT2D eigenvalue weighted by Crippen LogP contribution is 2.29. The van der Waals surface area contributed by atoms with E-state index in [2.05, 4.69) is 92.3 Å². The zero-order valence-corrected chi connectivity index (χ0v) is 65.9. The first-order valence-electron chi connectivity index (χ1n) is 42.7. The van der Waals surface area contributed by atoms with Crippen molar-refractivity contribution in [2.45, 2.75) is 400 Å². The van der Waals surface area contributed by atoms with Gasteiger partial charge < -0.3 is 37.4 Å². The number of hydrogen-bond acceptors (Lipinski definition) is 6. The van der Waals surface area contributed by atoms with Crippen LogP contribution < -0.4 is 18.9 Å². The smallest absolute Gasteiger partial charge is 0.123 e. The highest BCUT2D eigenvalue weighted by Gasteiger charge is 2.20. The molecule has 0 N–H and O–H groups in total. The van der Waals surface area contributed by atoms with Gasteiger partial charge in [0.2, 0.25) is 0 Å². The predicted octanol–water partition coefficient (Wildman–Crippen LogP) is 27.0. The van der Waals surface area contributed by atoms with Crippen LogP contribution in [0.1, 0.15) is 398 Å². The molecule has 8 nitrogen and oxygen atoms in total. The summed E-state index contributed by atoms with van der Waals surface area (Å²) in [4.78, 5) is 0. The van der Waals surface area contributed by atoms with Crippen LogP contribution in [0.2, 0.25) is 0 Å². The SMILES string of the molecule is CCCCCCCCCCCCCCCCOc1cc(C[N+](C)(C)CCOCCOCC[N+](C)(C)Cc2cc(OCCCCCCCCCCCCCCCC)cc(OCCCCCCCCCCCCCCCC)c2)cc(OCCCCCCCCCCCCCCCC)c1. The van der Waals surface area contributed by atoms with E-state index in [0.29, 0.717) is 26.4 Å². The fourth-order valence-electron chi connectivity index (χ4n) is 13.8. The lowest BCUT2D eigenvalue weighted by atomic mass is 10.0. The molecule has 0 spiro atoms. The Morgan fingerprint density at radius 2 is 0.365 bits per heavy atom. The second-order valence-corrected chi connectivity index (χ2v) is 31.3. The number of ether oxygens (including phenoxy) is 6. The Morgan fingerprint density at radius 3 is 0.542 bits per heavy atom. The van der Waals surface area contributed by atoms with Gasteiger partial charge in [-0.3, -0.25) is 0 Å². The van der Waals surface area contributed by atoms with E-state index in [1.807, 2.05) is 0 Å². The molecule has 0 saturated heterocycles. The number of hydrogen-bond donors (Lipinski definition) is 0. The van der Waals surface area contributed by atoms with E-state index in [1.54, 1.807) is 0 Å². The molecule has 0 unspecified atom stereocenters. The van der Waals surface area contributed by atoms with E-state index in [9.17, 15) is 0 Å². The lowest BCUT2D eigenvalue weighted by molar-refractivity contribution is -0.904. The standard InChI is InChI=1S/C88H166N2O6/c1-9-13-17-21-25-29-33-37-41-45-49-53-57-61-67-93-85-75-83(76-86(79-85)94-68-62-58-54-50-46-42-38-34-30-26-22-18-14-10-2)81-89(5,6)65-71-91-73-74-92-72-66-90(7,8)82-84-77-87(95-69-63-59-55-51-47-43-39-35-31-27-23-19-15-11-3)80-88(78-84)96-70-64-60-56-52-48-44-40-36-32-28-24-20-16-12-4/h75-80H,9-74,81-82H2,1-8H3/q+2. The van der Waals surface area contributed by atoms with Crippen LogP contribution in [0.25, 0.3) is 0 Å². The van der Waals surface area contributed by atoms with Gasteiger partial charge in [0.05, 0.1) is 81.0 Å². The van der Waals surface area contributed by atoms with Crippen LogP contribution in [-0.4, -0.2) is 103 Å². The van der Waals surface area contributed by atoms with Crippen molar-refractivity contribution in [2.75, 3.05) is 94.1 Å². The van der Waals surface area contributed by atoms with Gasteiger partial charge in [0.25, 0.3) is 0 Å². The Bertz CT molecular complexity index is 1680. The molecule has 0 fully saturated rings. The summed E-state index contributed by atoms with van der Waals surface area (Å²) in [7, 11) is 9.26. The summed E-state index contributed by atoms with van der Waals surface area (Å²) < 4.78 is 40.1. The second-order valence-electron chi connectivity index (χ2n) is 31.3. The van der Waals surface area contributed by atoms with Crippen LogP contribution in [0.3, 0.4) is 0 Å². The number of rotatable bonds is 77. The number of nitrogens with zero attached hydrogens (tertiary/aromatic N) is 2. The van der Waals surface area contributed by atoms with E-state index in [1.165, 1.54) is 345 Å². The molecule has 2 rings (SSSR count). The maximum Gasteiger partial charge on any atom is 0.123 e. The number of likely N-dealkylation sites (N-methyl/N-ethyl adjacent to an activating group) is 2. The molecule has 0 aliphatic heterocycles. The first-order chi connectivity index (χ1) is 47.1. The highest BCUT2D eigenvalue weighted by atomic mass is 16.5. The minimum absolute atomic E-state index is 0.603. The number of benzene rings is 2. The molecule has 0 aromatic heterocycles. The van der Waals surface area contributed by atoms with Crippen LogP contribution in [-0.2, 0) is 22.6 Å². The maximum absolute atomic E-state index is 6.49. The Balaban J connectivity index is 1.83. The molecular weight excluding hydrogens is 1180 g/mol. The Kier molecular flexibility index (Phi) is 62.5. The average Bonchev–Trinajstić information content (AvgIpc) is 0.920. The van der Waals surface area contributed by atoms with Crippen molar-refractivity contribution in [3.63, 3.8) is 0 Å².